The van der Waals surface area contributed by atoms with Gasteiger partial charge in [-0.2, -0.15) is 4.98 Å². The lowest BCUT2D eigenvalue weighted by Crippen LogP contribution is -2.39. The summed E-state index contributed by atoms with van der Waals surface area (Å²) in [4.78, 5) is 25.9. The Hall–Kier alpha value is -3.70. The van der Waals surface area contributed by atoms with Crippen LogP contribution in [-0.4, -0.2) is 44.4 Å². The van der Waals surface area contributed by atoms with Crippen LogP contribution >= 0.6 is 0 Å². The van der Waals surface area contributed by atoms with Gasteiger partial charge in [-0.1, -0.05) is 0 Å². The highest BCUT2D eigenvalue weighted by molar-refractivity contribution is 5.89. The van der Waals surface area contributed by atoms with Crippen molar-refractivity contribution in [3.05, 3.63) is 60.1 Å². The average Bonchev–Trinajstić information content (AvgIpc) is 3.41. The molecule has 1 aliphatic rings. The summed E-state index contributed by atoms with van der Waals surface area (Å²) in [6.45, 7) is 3.04. The zero-order valence-corrected chi connectivity index (χ0v) is 17.6. The quantitative estimate of drug-likeness (QED) is 0.515. The molecule has 0 saturated carbocycles. The van der Waals surface area contributed by atoms with Crippen LogP contribution in [0.3, 0.4) is 0 Å². The van der Waals surface area contributed by atoms with E-state index in [1.165, 1.54) is 36.1 Å². The van der Waals surface area contributed by atoms with Crippen molar-refractivity contribution in [3.63, 3.8) is 0 Å². The van der Waals surface area contributed by atoms with Gasteiger partial charge in [0.2, 0.25) is 5.95 Å². The first-order valence-corrected chi connectivity index (χ1v) is 10.1. The Morgan fingerprint density at radius 2 is 1.97 bits per heavy atom. The molecule has 8 nitrogen and oxygen atoms in total. The molecule has 33 heavy (non-hydrogen) atoms. The Bertz CT molecular complexity index is 1160. The monoisotopic (exact) mass is 464 g/mol. The first-order valence-electron chi connectivity index (χ1n) is 10.1. The number of aromatic nitrogens is 4. The molecule has 3 atom stereocenters. The Balaban J connectivity index is 1.50. The van der Waals surface area contributed by atoms with Gasteiger partial charge in [-0.05, 0) is 38.1 Å². The number of amides is 1. The molecule has 0 aliphatic carbocycles. The molecule has 3 heterocycles. The lowest BCUT2D eigenvalue weighted by Gasteiger charge is -2.21. The highest BCUT2D eigenvalue weighted by Crippen LogP contribution is 2.27. The smallest absolute Gasteiger partial charge is 0.416 e. The molecule has 1 unspecified atom stereocenters. The van der Waals surface area contributed by atoms with Crippen LogP contribution < -0.4 is 10.2 Å². The highest BCUT2D eigenvalue weighted by atomic mass is 19.3. The lowest BCUT2D eigenvalue weighted by atomic mass is 10.2. The zero-order valence-electron chi connectivity index (χ0n) is 17.6. The number of alkyl halides is 3. The summed E-state index contributed by atoms with van der Waals surface area (Å²) < 4.78 is 59.7. The molecule has 1 N–H and O–H groups in total. The summed E-state index contributed by atoms with van der Waals surface area (Å²) in [6.07, 6.45) is -0.444. The number of nitrogens with zero attached hydrogens (tertiary/aromatic N) is 5. The van der Waals surface area contributed by atoms with Crippen molar-refractivity contribution in [2.75, 3.05) is 16.8 Å². The largest absolute Gasteiger partial charge is 0.447 e. The SMILES string of the molecule is C[C@H](Nc1nccc(N2C(=O)OCC2[C@H](C)F)n1)c1cn(-c2ccc(C(F)F)c(F)c2)cn1. The van der Waals surface area contributed by atoms with Gasteiger partial charge < -0.3 is 14.6 Å². The number of hydrogen-bond acceptors (Lipinski definition) is 6. The van der Waals surface area contributed by atoms with Crippen molar-refractivity contribution < 1.29 is 27.1 Å². The summed E-state index contributed by atoms with van der Waals surface area (Å²) in [6, 6.07) is 3.70. The first kappa shape index (κ1) is 22.5. The number of benzene rings is 1. The Morgan fingerprint density at radius 1 is 1.18 bits per heavy atom. The van der Waals surface area contributed by atoms with E-state index in [0.717, 1.165) is 17.0 Å². The fraction of sp³-hybridized carbons (Fsp3) is 0.333. The predicted octanol–water partition coefficient (Wildman–Crippen LogP) is 4.60. The van der Waals surface area contributed by atoms with Crippen LogP contribution in [0.4, 0.5) is 34.1 Å². The molecule has 1 fully saturated rings. The fourth-order valence-electron chi connectivity index (χ4n) is 3.41. The Labute approximate surface area is 186 Å². The summed E-state index contributed by atoms with van der Waals surface area (Å²) in [5, 5.41) is 3.04. The molecular weight excluding hydrogens is 444 g/mol. The molecule has 4 rings (SSSR count). The number of nitrogens with one attached hydrogen (secondary N) is 1. The topological polar surface area (TPSA) is 85.2 Å². The maximum absolute atomic E-state index is 13.9. The van der Waals surface area contributed by atoms with Crippen molar-refractivity contribution >= 4 is 17.9 Å². The number of halogens is 4. The van der Waals surface area contributed by atoms with E-state index in [2.05, 4.69) is 20.3 Å². The summed E-state index contributed by atoms with van der Waals surface area (Å²) in [5.41, 5.74) is 0.204. The van der Waals surface area contributed by atoms with Gasteiger partial charge in [-0.25, -0.2) is 32.3 Å². The second-order valence-electron chi connectivity index (χ2n) is 7.51. The van der Waals surface area contributed by atoms with Crippen LogP contribution in [0.2, 0.25) is 0 Å². The number of imidazole rings is 1. The Morgan fingerprint density at radius 3 is 2.67 bits per heavy atom. The average molecular weight is 464 g/mol. The third-order valence-electron chi connectivity index (χ3n) is 5.23. The molecule has 1 amide bonds. The van der Waals surface area contributed by atoms with Gasteiger partial charge in [-0.15, -0.1) is 0 Å². The summed E-state index contributed by atoms with van der Waals surface area (Å²) >= 11 is 0. The van der Waals surface area contributed by atoms with E-state index >= 15 is 0 Å². The number of carbonyl (C=O) groups excluding carboxylic acids is 1. The second-order valence-corrected chi connectivity index (χ2v) is 7.51. The Kier molecular flexibility index (Phi) is 6.16. The van der Waals surface area contributed by atoms with E-state index < -0.39 is 42.2 Å². The van der Waals surface area contributed by atoms with Crippen LogP contribution in [0, 0.1) is 5.82 Å². The van der Waals surface area contributed by atoms with E-state index in [0.29, 0.717) is 11.4 Å². The molecule has 12 heteroatoms. The molecule has 0 bridgehead atoms. The molecule has 174 valence electrons. The van der Waals surface area contributed by atoms with Crippen LogP contribution in [0.15, 0.2) is 43.0 Å². The van der Waals surface area contributed by atoms with E-state index in [1.807, 2.05) is 0 Å². The third-order valence-corrected chi connectivity index (χ3v) is 5.23. The third kappa shape index (κ3) is 4.59. The number of ether oxygens (including phenoxy) is 1. The molecule has 0 radical (unpaired) electrons. The molecule has 3 aromatic rings. The standard InChI is InChI=1S/C21H20F4N6O2/c1-11(22)17-9-33-21(32)31(17)18-5-6-26-20(29-18)28-12(2)16-8-30(10-27-16)13-3-4-14(19(24)25)15(23)7-13/h3-8,10-12,17,19H,9H2,1-2H3,(H,26,28,29)/t11-,12-,17?/m0/s1. The van der Waals surface area contributed by atoms with Gasteiger partial charge in [0.1, 0.15) is 30.5 Å². The predicted molar refractivity (Wildman–Crippen MR) is 111 cm³/mol. The number of cyclic esters (lactones) is 1. The number of rotatable bonds is 7. The van der Waals surface area contributed by atoms with Crippen molar-refractivity contribution in [2.45, 2.75) is 38.5 Å². The van der Waals surface area contributed by atoms with E-state index in [9.17, 15) is 22.4 Å². The van der Waals surface area contributed by atoms with Gasteiger partial charge in [0, 0.05) is 18.1 Å². The molecular formula is C21H20F4N6O2. The summed E-state index contributed by atoms with van der Waals surface area (Å²) in [7, 11) is 0. The van der Waals surface area contributed by atoms with Crippen molar-refractivity contribution in [2.24, 2.45) is 0 Å². The minimum atomic E-state index is -2.90. The van der Waals surface area contributed by atoms with Gasteiger partial charge in [0.25, 0.3) is 6.43 Å². The van der Waals surface area contributed by atoms with Crippen molar-refractivity contribution in [1.29, 1.82) is 0 Å². The maximum Gasteiger partial charge on any atom is 0.416 e. The van der Waals surface area contributed by atoms with Crippen molar-refractivity contribution in [3.8, 4) is 5.69 Å². The van der Waals surface area contributed by atoms with E-state index in [1.54, 1.807) is 13.1 Å². The molecule has 1 aromatic carbocycles. The molecule has 0 spiro atoms. The number of anilines is 2. The van der Waals surface area contributed by atoms with Crippen LogP contribution in [0.5, 0.6) is 0 Å². The highest BCUT2D eigenvalue weighted by Gasteiger charge is 2.39. The van der Waals surface area contributed by atoms with Gasteiger partial charge in [0.05, 0.1) is 23.6 Å². The second kappa shape index (κ2) is 9.04. The van der Waals surface area contributed by atoms with Crippen LogP contribution in [0.25, 0.3) is 5.69 Å². The lowest BCUT2D eigenvalue weighted by molar-refractivity contribution is 0.146. The fourth-order valence-corrected chi connectivity index (χ4v) is 3.41. The van der Waals surface area contributed by atoms with Crippen LogP contribution in [-0.2, 0) is 4.74 Å². The zero-order chi connectivity index (χ0) is 23.7. The summed E-state index contributed by atoms with van der Waals surface area (Å²) in [5.74, 6) is -0.640. The minimum Gasteiger partial charge on any atom is -0.447 e. The molecule has 2 aromatic heterocycles. The molecule has 1 aliphatic heterocycles. The van der Waals surface area contributed by atoms with E-state index in [4.69, 9.17) is 4.74 Å². The number of hydrogen-bond donors (Lipinski definition) is 1. The van der Waals surface area contributed by atoms with Gasteiger partial charge in [-0.3, -0.25) is 4.90 Å². The first-order chi connectivity index (χ1) is 15.7. The van der Waals surface area contributed by atoms with Crippen molar-refractivity contribution in [1.82, 2.24) is 19.5 Å². The minimum absolute atomic E-state index is 0.0734. The number of carbonyl (C=O) groups is 1. The van der Waals surface area contributed by atoms with Crippen LogP contribution in [0.1, 0.15) is 37.6 Å². The maximum atomic E-state index is 13.9. The van der Waals surface area contributed by atoms with Gasteiger partial charge >= 0.3 is 6.09 Å². The normalized spacial score (nSPS) is 17.8. The van der Waals surface area contributed by atoms with E-state index in [-0.39, 0.29) is 18.4 Å². The van der Waals surface area contributed by atoms with Gasteiger partial charge in [0.15, 0.2) is 0 Å². The molecule has 1 saturated heterocycles.